The maximum atomic E-state index is 15.6. The van der Waals surface area contributed by atoms with Crippen LogP contribution in [0.4, 0.5) is 4.79 Å². The number of amides is 4. The zero-order chi connectivity index (χ0) is 50.6. The highest BCUT2D eigenvalue weighted by Gasteiger charge is 2.63. The lowest BCUT2D eigenvalue weighted by atomic mass is 9.60. The first-order valence-electron chi connectivity index (χ1n) is 26.6. The van der Waals surface area contributed by atoms with E-state index in [-0.39, 0.29) is 53.4 Å². The van der Waals surface area contributed by atoms with Crippen molar-refractivity contribution in [3.05, 3.63) is 0 Å². The Labute approximate surface area is 416 Å². The highest BCUT2D eigenvalue weighted by atomic mass is 35.5. The van der Waals surface area contributed by atoms with Crippen molar-refractivity contribution in [2.24, 2.45) is 34.0 Å². The van der Waals surface area contributed by atoms with Gasteiger partial charge in [-0.1, -0.05) is 109 Å². The fraction of sp³-hybridized carbons (Fsp3) is 0.923. The molecule has 1 aliphatic heterocycles. The van der Waals surface area contributed by atoms with Crippen LogP contribution in [0.2, 0.25) is 0 Å². The summed E-state index contributed by atoms with van der Waals surface area (Å²) in [6, 6.07) is -2.21. The minimum Gasteiger partial charge on any atom is -0.365 e. The predicted molar refractivity (Wildman–Crippen MR) is 271 cm³/mol. The van der Waals surface area contributed by atoms with Gasteiger partial charge in [-0.15, -0.1) is 11.6 Å². The molecule has 4 aliphatic carbocycles. The van der Waals surface area contributed by atoms with E-state index >= 15 is 9.59 Å². The van der Waals surface area contributed by atoms with E-state index in [4.69, 9.17) is 21.1 Å². The van der Waals surface area contributed by atoms with E-state index in [1.807, 2.05) is 6.92 Å². The Balaban J connectivity index is 1.39. The molecular formula is C52H93ClN6O8S. The smallest absolute Gasteiger partial charge is 0.321 e. The summed E-state index contributed by atoms with van der Waals surface area (Å²) < 4.78 is 40.2. The van der Waals surface area contributed by atoms with Gasteiger partial charge in [0.1, 0.15) is 6.10 Å². The Morgan fingerprint density at radius 2 is 1.57 bits per heavy atom. The summed E-state index contributed by atoms with van der Waals surface area (Å²) in [6.45, 7) is 26.9. The van der Waals surface area contributed by atoms with Gasteiger partial charge in [0, 0.05) is 42.7 Å². The number of nitrogens with one attached hydrogen (secondary N) is 4. The molecule has 68 heavy (non-hydrogen) atoms. The molecule has 13 atom stereocenters. The number of carbonyl (C=O) groups excluding carboxylic acids is 4. The number of carbonyl (C=O) groups is 4. The quantitative estimate of drug-likeness (QED) is 0.0733. The molecule has 5 rings (SSSR count). The highest BCUT2D eigenvalue weighted by molar-refractivity contribution is 7.88. The topological polar surface area (TPSA) is 175 Å². The van der Waals surface area contributed by atoms with Gasteiger partial charge in [-0.05, 0) is 112 Å². The van der Waals surface area contributed by atoms with E-state index in [0.717, 1.165) is 51.2 Å². The lowest BCUT2D eigenvalue weighted by Crippen LogP contribution is -2.73. The van der Waals surface area contributed by atoms with Gasteiger partial charge < -0.3 is 25.4 Å². The van der Waals surface area contributed by atoms with Gasteiger partial charge in [0.2, 0.25) is 21.7 Å². The maximum Gasteiger partial charge on any atom is 0.321 e. The Kier molecular flexibility index (Phi) is 19.4. The van der Waals surface area contributed by atoms with Gasteiger partial charge in [0.15, 0.2) is 0 Å². The van der Waals surface area contributed by atoms with Crippen molar-refractivity contribution in [2.45, 2.75) is 245 Å². The molecule has 0 aromatic heterocycles. The number of ketones is 1. The second-order valence-corrected chi connectivity index (χ2v) is 26.3. The summed E-state index contributed by atoms with van der Waals surface area (Å²) in [5.41, 5.74) is -3.09. The first kappa shape index (κ1) is 56.9. The number of halogens is 1. The summed E-state index contributed by atoms with van der Waals surface area (Å²) in [6.07, 6.45) is 12.0. The van der Waals surface area contributed by atoms with Gasteiger partial charge in [-0.25, -0.2) is 17.9 Å². The molecule has 0 radical (unpaired) electrons. The molecular weight excluding hydrogens is 904 g/mol. The zero-order valence-electron chi connectivity index (χ0n) is 44.3. The molecule has 4 N–H and O–H groups in total. The van der Waals surface area contributed by atoms with E-state index in [1.165, 1.54) is 4.90 Å². The normalized spacial score (nSPS) is 33.8. The number of ether oxygens (including phenoxy) is 2. The van der Waals surface area contributed by atoms with Crippen LogP contribution >= 0.6 is 11.6 Å². The van der Waals surface area contributed by atoms with E-state index in [9.17, 15) is 18.0 Å². The van der Waals surface area contributed by atoms with Crippen LogP contribution < -0.4 is 20.7 Å². The SMILES string of the molecule is CCC(OC1CCC(C(C)(C)CC)CC1C(C)(C)CC)C(=O)NC1CCC(Cl)C(NC(=O)C2(C(=O)C(C)(C)C)OC3CCCCC3NC(=O)N2C2CCC(N(CC)CCNS(C)(=O)=O)CC2C)C1. The van der Waals surface area contributed by atoms with Crippen LogP contribution in [0.5, 0.6) is 0 Å². The molecule has 1 saturated heterocycles. The van der Waals surface area contributed by atoms with Crippen LogP contribution in [0.1, 0.15) is 186 Å². The molecule has 392 valence electrons. The van der Waals surface area contributed by atoms with E-state index in [2.05, 4.69) is 81.0 Å². The fourth-order valence-electron chi connectivity index (χ4n) is 12.3. The number of fused-ring (bicyclic) bond motifs is 1. The van der Waals surface area contributed by atoms with Gasteiger partial charge in [0.25, 0.3) is 11.6 Å². The predicted octanol–water partition coefficient (Wildman–Crippen LogP) is 8.29. The minimum atomic E-state index is -3.34. The molecule has 1 heterocycles. The third-order valence-corrected chi connectivity index (χ3v) is 18.7. The van der Waals surface area contributed by atoms with E-state index in [0.29, 0.717) is 82.7 Å². The molecule has 4 amide bonds. The Morgan fingerprint density at radius 3 is 2.18 bits per heavy atom. The second kappa shape index (κ2) is 23.2. The number of hydrogen-bond donors (Lipinski definition) is 4. The monoisotopic (exact) mass is 997 g/mol. The number of likely N-dealkylation sites (N-methyl/N-ethyl adjacent to an activating group) is 1. The third-order valence-electron chi connectivity index (χ3n) is 17.5. The van der Waals surface area contributed by atoms with Crippen LogP contribution in [-0.2, 0) is 33.9 Å². The molecule has 14 nitrogen and oxygen atoms in total. The molecule has 0 spiro atoms. The standard InChI is InChI=1S/C52H93ClN6O8S/c1-14-42(66-43-27-22-34(50(9,10)15-2)31-37(43)51(11,12)16-3)45(60)55-35-23-25-38(53)40(32-35)56-47(62)52(46(61)49(6,7)8)59(48(63)57-39-20-18-19-21-44(39)67-52)41-26-24-36(30-33(41)5)58(17-4)29-28-54-68(13,64)65/h33-44,54H,14-32H2,1-13H3,(H,55,60)(H,56,62)(H,57,63). The lowest BCUT2D eigenvalue weighted by molar-refractivity contribution is -0.205. The molecule has 0 aromatic carbocycles. The van der Waals surface area contributed by atoms with Crippen molar-refractivity contribution >= 4 is 45.3 Å². The minimum absolute atomic E-state index is 0.0252. The summed E-state index contributed by atoms with van der Waals surface area (Å²) in [7, 11) is -3.34. The van der Waals surface area contributed by atoms with Crippen LogP contribution in [0.15, 0.2) is 0 Å². The summed E-state index contributed by atoms with van der Waals surface area (Å²) >= 11 is 7.11. The first-order chi connectivity index (χ1) is 31.7. The number of urea groups is 1. The number of Topliss-reactive ketones (excluding diaryl/α,β-unsaturated/α-hetero) is 1. The molecule has 16 heteroatoms. The first-order valence-corrected chi connectivity index (χ1v) is 29.0. The molecule has 13 unspecified atom stereocenters. The van der Waals surface area contributed by atoms with Crippen molar-refractivity contribution in [1.29, 1.82) is 0 Å². The van der Waals surface area contributed by atoms with Crippen molar-refractivity contribution in [1.82, 2.24) is 30.5 Å². The summed E-state index contributed by atoms with van der Waals surface area (Å²) in [4.78, 5) is 63.9. The Morgan fingerprint density at radius 1 is 0.897 bits per heavy atom. The molecule has 5 fully saturated rings. The second-order valence-electron chi connectivity index (χ2n) is 23.9. The van der Waals surface area contributed by atoms with Gasteiger partial charge in [-0.3, -0.25) is 24.2 Å². The Bertz CT molecular complexity index is 1840. The largest absolute Gasteiger partial charge is 0.365 e. The van der Waals surface area contributed by atoms with E-state index in [1.54, 1.807) is 20.8 Å². The highest BCUT2D eigenvalue weighted by Crippen LogP contribution is 2.50. The molecule has 0 bridgehead atoms. The molecule has 4 saturated carbocycles. The van der Waals surface area contributed by atoms with Crippen molar-refractivity contribution in [3.63, 3.8) is 0 Å². The molecule has 5 aliphatic rings. The van der Waals surface area contributed by atoms with Crippen LogP contribution in [-0.4, -0.2) is 127 Å². The number of alkyl halides is 1. The lowest BCUT2D eigenvalue weighted by Gasteiger charge is -2.51. The van der Waals surface area contributed by atoms with E-state index < -0.39 is 68.6 Å². The average molecular weight is 998 g/mol. The van der Waals surface area contributed by atoms with Gasteiger partial charge in [0.05, 0.1) is 29.9 Å². The number of nitrogens with zero attached hydrogens (tertiary/aromatic N) is 2. The number of hydrogen-bond acceptors (Lipinski definition) is 9. The number of sulfonamides is 1. The third kappa shape index (κ3) is 13.3. The average Bonchev–Trinajstić information content (AvgIpc) is 3.41. The zero-order valence-corrected chi connectivity index (χ0v) is 45.9. The fourth-order valence-corrected chi connectivity index (χ4v) is 13.1. The maximum absolute atomic E-state index is 15.6. The summed E-state index contributed by atoms with van der Waals surface area (Å²) in [5, 5.41) is 9.25. The summed E-state index contributed by atoms with van der Waals surface area (Å²) in [5.74, 6) is -0.571. The van der Waals surface area contributed by atoms with Gasteiger partial charge >= 0.3 is 6.03 Å². The van der Waals surface area contributed by atoms with Gasteiger partial charge in [-0.2, -0.15) is 0 Å². The Hall–Kier alpha value is -2.04. The molecule has 0 aromatic rings. The van der Waals surface area contributed by atoms with Crippen molar-refractivity contribution < 1.29 is 37.1 Å². The van der Waals surface area contributed by atoms with Crippen LogP contribution in [0.3, 0.4) is 0 Å². The van der Waals surface area contributed by atoms with Crippen molar-refractivity contribution in [3.8, 4) is 0 Å². The van der Waals surface area contributed by atoms with Crippen LogP contribution in [0.25, 0.3) is 0 Å². The van der Waals surface area contributed by atoms with Crippen molar-refractivity contribution in [2.75, 3.05) is 25.9 Å². The van der Waals surface area contributed by atoms with Crippen LogP contribution in [0, 0.1) is 34.0 Å². The number of rotatable bonds is 19.